The predicted octanol–water partition coefficient (Wildman–Crippen LogP) is 4.11. The van der Waals surface area contributed by atoms with Crippen LogP contribution in [0.25, 0.3) is 22.3 Å². The van der Waals surface area contributed by atoms with Gasteiger partial charge in [0.15, 0.2) is 11.5 Å². The molecule has 0 amide bonds. The number of rotatable bonds is 5. The maximum atomic E-state index is 15.1. The van der Waals surface area contributed by atoms with Crippen molar-refractivity contribution in [3.63, 3.8) is 0 Å². The first-order valence-electron chi connectivity index (χ1n) is 8.78. The molecule has 3 heterocycles. The van der Waals surface area contributed by atoms with E-state index in [4.69, 9.17) is 4.74 Å². The molecule has 0 aliphatic heterocycles. The van der Waals surface area contributed by atoms with Crippen molar-refractivity contribution in [1.82, 2.24) is 24.8 Å². The molecule has 28 heavy (non-hydrogen) atoms. The molecule has 4 rings (SSSR count). The summed E-state index contributed by atoms with van der Waals surface area (Å²) in [6.07, 6.45) is 1.49. The van der Waals surface area contributed by atoms with E-state index in [2.05, 4.69) is 26.9 Å². The number of hydrogen-bond acceptors (Lipinski definition) is 5. The molecule has 0 aliphatic carbocycles. The summed E-state index contributed by atoms with van der Waals surface area (Å²) < 4.78 is 36.7. The Kier molecular flexibility index (Phi) is 4.46. The average Bonchev–Trinajstić information content (AvgIpc) is 3.11. The predicted molar refractivity (Wildman–Crippen MR) is 101 cm³/mol. The van der Waals surface area contributed by atoms with Gasteiger partial charge in [0.05, 0.1) is 12.1 Å². The summed E-state index contributed by atoms with van der Waals surface area (Å²) in [6, 6.07) is 7.81. The molecule has 0 saturated carbocycles. The Balaban J connectivity index is 1.85. The van der Waals surface area contributed by atoms with Gasteiger partial charge in [0.1, 0.15) is 23.1 Å². The zero-order valence-electron chi connectivity index (χ0n) is 15.4. The average molecular weight is 381 g/mol. The van der Waals surface area contributed by atoms with Gasteiger partial charge in [-0.1, -0.05) is 13.5 Å². The second-order valence-corrected chi connectivity index (χ2v) is 6.28. The SMILES string of the molecule is C=C(OCC)c1ccc2nnc(C(C)c3c(F)cc4ncccc4c3F)n2n1. The fourth-order valence-corrected chi connectivity index (χ4v) is 3.16. The van der Waals surface area contributed by atoms with Crippen molar-refractivity contribution in [1.29, 1.82) is 0 Å². The third-order valence-corrected chi connectivity index (χ3v) is 4.54. The first-order chi connectivity index (χ1) is 13.5. The molecule has 4 aromatic rings. The zero-order valence-corrected chi connectivity index (χ0v) is 15.4. The minimum Gasteiger partial charge on any atom is -0.492 e. The highest BCUT2D eigenvalue weighted by molar-refractivity contribution is 5.80. The number of nitrogens with zero attached hydrogens (tertiary/aromatic N) is 5. The number of pyridine rings is 1. The molecule has 0 bridgehead atoms. The lowest BCUT2D eigenvalue weighted by Crippen LogP contribution is -2.10. The second kappa shape index (κ2) is 6.95. The molecule has 0 aliphatic rings. The smallest absolute Gasteiger partial charge is 0.177 e. The van der Waals surface area contributed by atoms with E-state index >= 15 is 4.39 Å². The van der Waals surface area contributed by atoms with Crippen LogP contribution >= 0.6 is 0 Å². The van der Waals surface area contributed by atoms with Crippen LogP contribution in [0, 0.1) is 11.6 Å². The molecular formula is C20H17F2N5O. The summed E-state index contributed by atoms with van der Waals surface area (Å²) in [7, 11) is 0. The molecule has 1 atom stereocenters. The second-order valence-electron chi connectivity index (χ2n) is 6.28. The Bertz CT molecular complexity index is 1200. The van der Waals surface area contributed by atoms with Gasteiger partial charge in [0.25, 0.3) is 0 Å². The first kappa shape index (κ1) is 18.0. The Morgan fingerprint density at radius 3 is 2.86 bits per heavy atom. The van der Waals surface area contributed by atoms with Crippen LogP contribution in [0.15, 0.2) is 43.1 Å². The Morgan fingerprint density at radius 1 is 1.25 bits per heavy atom. The zero-order chi connectivity index (χ0) is 19.8. The van der Waals surface area contributed by atoms with Crippen molar-refractivity contribution in [2.75, 3.05) is 6.61 Å². The molecule has 1 unspecified atom stereocenters. The van der Waals surface area contributed by atoms with Crippen molar-refractivity contribution in [2.24, 2.45) is 0 Å². The highest BCUT2D eigenvalue weighted by Crippen LogP contribution is 2.31. The van der Waals surface area contributed by atoms with E-state index in [0.717, 1.165) is 0 Å². The summed E-state index contributed by atoms with van der Waals surface area (Å²) in [5.74, 6) is -1.39. The van der Waals surface area contributed by atoms with Crippen LogP contribution in [-0.4, -0.2) is 31.4 Å². The van der Waals surface area contributed by atoms with Gasteiger partial charge in [-0.05, 0) is 31.2 Å². The molecule has 3 aromatic heterocycles. The van der Waals surface area contributed by atoms with E-state index in [1.165, 1.54) is 16.8 Å². The van der Waals surface area contributed by atoms with Crippen LogP contribution in [-0.2, 0) is 4.74 Å². The highest BCUT2D eigenvalue weighted by Gasteiger charge is 2.25. The fraction of sp³-hybridized carbons (Fsp3) is 0.200. The fourth-order valence-electron chi connectivity index (χ4n) is 3.16. The molecule has 142 valence electrons. The van der Waals surface area contributed by atoms with Gasteiger partial charge in [0.2, 0.25) is 0 Å². The number of hydrogen-bond donors (Lipinski definition) is 0. The highest BCUT2D eigenvalue weighted by atomic mass is 19.1. The maximum absolute atomic E-state index is 15.1. The lowest BCUT2D eigenvalue weighted by molar-refractivity contribution is 0.297. The van der Waals surface area contributed by atoms with Crippen LogP contribution in [0.3, 0.4) is 0 Å². The van der Waals surface area contributed by atoms with Crippen LogP contribution in [0.4, 0.5) is 8.78 Å². The Labute approximate surface area is 159 Å². The molecule has 6 nitrogen and oxygen atoms in total. The van der Waals surface area contributed by atoms with E-state index in [-0.39, 0.29) is 16.5 Å². The molecule has 8 heteroatoms. The number of fused-ring (bicyclic) bond motifs is 2. The lowest BCUT2D eigenvalue weighted by atomic mass is 9.97. The van der Waals surface area contributed by atoms with Crippen molar-refractivity contribution in [3.05, 3.63) is 71.8 Å². The summed E-state index contributed by atoms with van der Waals surface area (Å²) in [6.45, 7) is 7.79. The molecule has 0 spiro atoms. The lowest BCUT2D eigenvalue weighted by Gasteiger charge is -2.14. The summed E-state index contributed by atoms with van der Waals surface area (Å²) in [4.78, 5) is 4.02. The third kappa shape index (κ3) is 2.87. The quantitative estimate of drug-likeness (QED) is 0.487. The van der Waals surface area contributed by atoms with Crippen molar-refractivity contribution < 1.29 is 13.5 Å². The van der Waals surface area contributed by atoms with Gasteiger partial charge < -0.3 is 4.74 Å². The van der Waals surface area contributed by atoms with Crippen LogP contribution in [0.1, 0.15) is 36.8 Å². The minimum atomic E-state index is -0.734. The Morgan fingerprint density at radius 2 is 2.07 bits per heavy atom. The molecule has 0 saturated heterocycles. The van der Waals surface area contributed by atoms with Gasteiger partial charge in [0, 0.05) is 29.1 Å². The Hall–Kier alpha value is -3.42. The topological polar surface area (TPSA) is 65.2 Å². The molecule has 0 radical (unpaired) electrons. The van der Waals surface area contributed by atoms with Gasteiger partial charge in [-0.3, -0.25) is 4.98 Å². The molecule has 0 fully saturated rings. The van der Waals surface area contributed by atoms with Crippen molar-refractivity contribution in [2.45, 2.75) is 19.8 Å². The summed E-state index contributed by atoms with van der Waals surface area (Å²) >= 11 is 0. The van der Waals surface area contributed by atoms with Crippen molar-refractivity contribution in [3.8, 4) is 0 Å². The van der Waals surface area contributed by atoms with Gasteiger partial charge >= 0.3 is 0 Å². The molecule has 0 N–H and O–H groups in total. The van der Waals surface area contributed by atoms with Crippen LogP contribution in [0.5, 0.6) is 0 Å². The number of aromatic nitrogens is 5. The van der Waals surface area contributed by atoms with E-state index in [1.54, 1.807) is 31.2 Å². The van der Waals surface area contributed by atoms with Gasteiger partial charge in [-0.15, -0.1) is 10.2 Å². The molecule has 1 aromatic carbocycles. The third-order valence-electron chi connectivity index (χ3n) is 4.54. The van der Waals surface area contributed by atoms with E-state index < -0.39 is 17.6 Å². The number of ether oxygens (including phenoxy) is 1. The van der Waals surface area contributed by atoms with Crippen molar-refractivity contribution >= 4 is 22.3 Å². The monoisotopic (exact) mass is 381 g/mol. The minimum absolute atomic E-state index is 0.106. The number of halogens is 2. The summed E-state index contributed by atoms with van der Waals surface area (Å²) in [5, 5.41) is 12.8. The summed E-state index contributed by atoms with van der Waals surface area (Å²) in [5.41, 5.74) is 1.10. The maximum Gasteiger partial charge on any atom is 0.177 e. The van der Waals surface area contributed by atoms with Gasteiger partial charge in [-0.25, -0.2) is 8.78 Å². The van der Waals surface area contributed by atoms with Crippen LogP contribution < -0.4 is 0 Å². The normalized spacial score (nSPS) is 12.4. The van der Waals surface area contributed by atoms with Crippen LogP contribution in [0.2, 0.25) is 0 Å². The largest absolute Gasteiger partial charge is 0.492 e. The first-order valence-corrected chi connectivity index (χ1v) is 8.78. The van der Waals surface area contributed by atoms with E-state index in [1.807, 2.05) is 6.92 Å². The van der Waals surface area contributed by atoms with Gasteiger partial charge in [-0.2, -0.15) is 9.61 Å². The van der Waals surface area contributed by atoms with E-state index in [0.29, 0.717) is 29.5 Å². The number of benzene rings is 1. The standard InChI is InChI=1S/C20H17F2N5O/c1-4-28-12(3)15-7-8-17-24-25-20(27(17)26-15)11(2)18-14(21)10-16-13(19(18)22)6-5-9-23-16/h5-11H,3-4H2,1-2H3. The molecular weight excluding hydrogens is 364 g/mol. The van der Waals surface area contributed by atoms with E-state index in [9.17, 15) is 4.39 Å².